The topological polar surface area (TPSA) is 30.7 Å². The minimum atomic E-state index is 0.694. The minimum absolute atomic E-state index is 0.694. The van der Waals surface area contributed by atoms with E-state index in [4.69, 9.17) is 23.2 Å². The van der Waals surface area contributed by atoms with E-state index in [0.717, 1.165) is 33.7 Å². The van der Waals surface area contributed by atoms with E-state index in [1.54, 1.807) is 17.1 Å². The van der Waals surface area contributed by atoms with E-state index >= 15 is 0 Å². The van der Waals surface area contributed by atoms with Gasteiger partial charge in [-0.05, 0) is 36.2 Å². The monoisotopic (exact) mass is 291 g/mol. The Morgan fingerprint density at radius 2 is 1.84 bits per heavy atom. The van der Waals surface area contributed by atoms with Gasteiger partial charge in [0.25, 0.3) is 0 Å². The standard InChI is InChI=1S/C14H11Cl2N3/c1-2-9-7-17-14-12(13(9)16)8-18-19(14)11-5-3-10(15)4-6-11/h3-8H,2H2,1H3. The number of rotatable bonds is 2. The van der Waals surface area contributed by atoms with Crippen molar-refractivity contribution in [2.45, 2.75) is 13.3 Å². The third-order valence-corrected chi connectivity index (χ3v) is 3.76. The molecule has 0 unspecified atom stereocenters. The van der Waals surface area contributed by atoms with Gasteiger partial charge in [0, 0.05) is 11.2 Å². The second kappa shape index (κ2) is 4.83. The van der Waals surface area contributed by atoms with E-state index in [-0.39, 0.29) is 0 Å². The number of hydrogen-bond donors (Lipinski definition) is 0. The molecule has 96 valence electrons. The Balaban J connectivity index is 2.21. The number of benzene rings is 1. The average molecular weight is 292 g/mol. The van der Waals surface area contributed by atoms with Crippen LogP contribution >= 0.6 is 23.2 Å². The maximum absolute atomic E-state index is 6.35. The van der Waals surface area contributed by atoms with Crippen molar-refractivity contribution in [3.05, 3.63) is 52.3 Å². The Labute approximate surface area is 120 Å². The van der Waals surface area contributed by atoms with E-state index in [1.807, 2.05) is 24.3 Å². The summed E-state index contributed by atoms with van der Waals surface area (Å²) in [7, 11) is 0. The SMILES string of the molecule is CCc1cnc2c(cnn2-c2ccc(Cl)cc2)c1Cl. The number of hydrogen-bond acceptors (Lipinski definition) is 2. The number of halogens is 2. The molecule has 0 amide bonds. The van der Waals surface area contributed by atoms with Crippen LogP contribution in [0.25, 0.3) is 16.7 Å². The molecule has 3 nitrogen and oxygen atoms in total. The average Bonchev–Trinajstić information content (AvgIpc) is 2.85. The van der Waals surface area contributed by atoms with Crippen LogP contribution in [-0.4, -0.2) is 14.8 Å². The molecule has 0 spiro atoms. The lowest BCUT2D eigenvalue weighted by atomic mass is 10.2. The van der Waals surface area contributed by atoms with Gasteiger partial charge in [0.1, 0.15) is 0 Å². The second-order valence-corrected chi connectivity index (χ2v) is 5.04. The zero-order valence-electron chi connectivity index (χ0n) is 10.3. The third-order valence-electron chi connectivity index (χ3n) is 3.06. The molecule has 3 aromatic rings. The van der Waals surface area contributed by atoms with Gasteiger partial charge in [-0.1, -0.05) is 30.1 Å². The van der Waals surface area contributed by atoms with Crippen LogP contribution in [0.3, 0.4) is 0 Å². The van der Waals surface area contributed by atoms with E-state index in [2.05, 4.69) is 17.0 Å². The molecule has 0 radical (unpaired) electrons. The molecule has 2 heterocycles. The molecule has 0 fully saturated rings. The lowest BCUT2D eigenvalue weighted by Gasteiger charge is -2.05. The Morgan fingerprint density at radius 3 is 2.53 bits per heavy atom. The van der Waals surface area contributed by atoms with Crippen LogP contribution in [0.1, 0.15) is 12.5 Å². The van der Waals surface area contributed by atoms with Gasteiger partial charge in [-0.2, -0.15) is 5.10 Å². The molecule has 0 aliphatic rings. The van der Waals surface area contributed by atoms with Crippen molar-refractivity contribution in [2.75, 3.05) is 0 Å². The number of fused-ring (bicyclic) bond motifs is 1. The van der Waals surface area contributed by atoms with Crippen molar-refractivity contribution < 1.29 is 0 Å². The van der Waals surface area contributed by atoms with Gasteiger partial charge in [0.15, 0.2) is 5.65 Å². The van der Waals surface area contributed by atoms with Crippen LogP contribution < -0.4 is 0 Å². The van der Waals surface area contributed by atoms with E-state index in [9.17, 15) is 0 Å². The quantitative estimate of drug-likeness (QED) is 0.705. The first-order chi connectivity index (χ1) is 9.20. The largest absolute Gasteiger partial charge is 0.236 e. The van der Waals surface area contributed by atoms with Gasteiger partial charge < -0.3 is 0 Å². The second-order valence-electron chi connectivity index (χ2n) is 4.22. The summed E-state index contributed by atoms with van der Waals surface area (Å²) in [6.07, 6.45) is 4.41. The van der Waals surface area contributed by atoms with Crippen LogP contribution in [0, 0.1) is 0 Å². The lowest BCUT2D eigenvalue weighted by Crippen LogP contribution is -1.97. The van der Waals surface area contributed by atoms with Crippen LogP contribution in [0.15, 0.2) is 36.7 Å². The normalized spacial score (nSPS) is 11.1. The Hall–Kier alpha value is -1.58. The van der Waals surface area contributed by atoms with Gasteiger partial charge in [-0.3, -0.25) is 0 Å². The van der Waals surface area contributed by atoms with Gasteiger partial charge in [-0.15, -0.1) is 0 Å². The fraction of sp³-hybridized carbons (Fsp3) is 0.143. The van der Waals surface area contributed by atoms with E-state index < -0.39 is 0 Å². The minimum Gasteiger partial charge on any atom is -0.236 e. The number of nitrogens with zero attached hydrogens (tertiary/aromatic N) is 3. The molecule has 19 heavy (non-hydrogen) atoms. The zero-order valence-corrected chi connectivity index (χ0v) is 11.8. The molecule has 0 N–H and O–H groups in total. The molecule has 0 aliphatic heterocycles. The van der Waals surface area contributed by atoms with Gasteiger partial charge in [0.2, 0.25) is 0 Å². The first-order valence-corrected chi connectivity index (χ1v) is 6.73. The van der Waals surface area contributed by atoms with E-state index in [1.165, 1.54) is 0 Å². The first-order valence-electron chi connectivity index (χ1n) is 5.97. The molecule has 0 aliphatic carbocycles. The summed E-state index contributed by atoms with van der Waals surface area (Å²) in [5, 5.41) is 6.65. The molecule has 0 saturated carbocycles. The molecule has 0 bridgehead atoms. The zero-order chi connectivity index (χ0) is 13.4. The third kappa shape index (κ3) is 2.09. The summed E-state index contributed by atoms with van der Waals surface area (Å²) in [5.74, 6) is 0. The first kappa shape index (κ1) is 12.5. The predicted octanol–water partition coefficient (Wildman–Crippen LogP) is 4.29. The number of aromatic nitrogens is 3. The summed E-state index contributed by atoms with van der Waals surface area (Å²) in [5.41, 5.74) is 2.70. The highest BCUT2D eigenvalue weighted by atomic mass is 35.5. The molecule has 2 aromatic heterocycles. The number of aryl methyl sites for hydroxylation is 1. The van der Waals surface area contributed by atoms with Crippen LogP contribution in [0.4, 0.5) is 0 Å². The highest BCUT2D eigenvalue weighted by Gasteiger charge is 2.11. The van der Waals surface area contributed by atoms with Crippen LogP contribution in [0.2, 0.25) is 10.0 Å². The molecular formula is C14H11Cl2N3. The van der Waals surface area contributed by atoms with Crippen molar-refractivity contribution in [1.29, 1.82) is 0 Å². The van der Waals surface area contributed by atoms with Crippen LogP contribution in [-0.2, 0) is 6.42 Å². The molecule has 0 atom stereocenters. The summed E-state index contributed by atoms with van der Waals surface area (Å²) >= 11 is 12.2. The molecule has 1 aromatic carbocycles. The maximum Gasteiger partial charge on any atom is 0.164 e. The molecular weight excluding hydrogens is 281 g/mol. The Kier molecular flexibility index (Phi) is 3.17. The van der Waals surface area contributed by atoms with Crippen molar-refractivity contribution >= 4 is 34.2 Å². The summed E-state index contributed by atoms with van der Waals surface area (Å²) < 4.78 is 1.76. The maximum atomic E-state index is 6.35. The van der Waals surface area contributed by atoms with E-state index in [0.29, 0.717) is 5.02 Å². The van der Waals surface area contributed by atoms with Gasteiger partial charge >= 0.3 is 0 Å². The van der Waals surface area contributed by atoms with Crippen molar-refractivity contribution in [3.63, 3.8) is 0 Å². The summed E-state index contributed by atoms with van der Waals surface area (Å²) in [6.45, 7) is 2.05. The molecule has 0 saturated heterocycles. The van der Waals surface area contributed by atoms with Gasteiger partial charge in [0.05, 0.1) is 22.3 Å². The lowest BCUT2D eigenvalue weighted by molar-refractivity contribution is 0.896. The highest BCUT2D eigenvalue weighted by Crippen LogP contribution is 2.27. The summed E-state index contributed by atoms with van der Waals surface area (Å²) in [4.78, 5) is 4.45. The van der Waals surface area contributed by atoms with Crippen LogP contribution in [0.5, 0.6) is 0 Å². The van der Waals surface area contributed by atoms with Crippen molar-refractivity contribution in [3.8, 4) is 5.69 Å². The fourth-order valence-electron chi connectivity index (χ4n) is 2.01. The Morgan fingerprint density at radius 1 is 1.11 bits per heavy atom. The number of pyridine rings is 1. The molecule has 5 heteroatoms. The molecule has 3 rings (SSSR count). The Bertz CT molecular complexity index is 732. The van der Waals surface area contributed by atoms with Gasteiger partial charge in [-0.25, -0.2) is 9.67 Å². The van der Waals surface area contributed by atoms with Crippen molar-refractivity contribution in [1.82, 2.24) is 14.8 Å². The fourth-order valence-corrected chi connectivity index (χ4v) is 2.45. The summed E-state index contributed by atoms with van der Waals surface area (Å²) in [6, 6.07) is 7.45. The van der Waals surface area contributed by atoms with Crippen molar-refractivity contribution in [2.24, 2.45) is 0 Å². The highest BCUT2D eigenvalue weighted by molar-refractivity contribution is 6.36. The predicted molar refractivity (Wildman–Crippen MR) is 78.3 cm³/mol. The smallest absolute Gasteiger partial charge is 0.164 e.